The summed E-state index contributed by atoms with van der Waals surface area (Å²) >= 11 is 0. The minimum Gasteiger partial charge on any atom is -0.478 e. The first-order valence-corrected chi connectivity index (χ1v) is 13.8. The van der Waals surface area contributed by atoms with Gasteiger partial charge < -0.3 is 15.7 Å². The van der Waals surface area contributed by atoms with Crippen molar-refractivity contribution in [1.82, 2.24) is 24.4 Å². The Hall–Kier alpha value is -5.83. The lowest BCUT2D eigenvalue weighted by Crippen LogP contribution is -2.48. The number of carbonyl (C=O) groups is 2. The maximum atomic E-state index is 12.9. The standard InChI is InChI=1S/C34H26N6O3/c35-30-27(10-5-17-36-30)31-38-29-16-15-28(22-6-2-1-3-7-22)37-32(29)40(31)26-13-11-21(12-14-26)25-19-39(20-25)33(41)23-8-4-9-24(18-23)34(42)43/h1-18,25H,19-20H2,(H2,35,36)(H,42,43). The quantitative estimate of drug-likeness (QED) is 0.266. The number of fused-ring (bicyclic) bond motifs is 1. The molecule has 0 aliphatic carbocycles. The van der Waals surface area contributed by atoms with Crippen LogP contribution >= 0.6 is 0 Å². The van der Waals surface area contributed by atoms with Crippen LogP contribution in [0, 0.1) is 0 Å². The maximum Gasteiger partial charge on any atom is 0.335 e. The first-order valence-electron chi connectivity index (χ1n) is 13.8. The Morgan fingerprint density at radius 1 is 0.814 bits per heavy atom. The number of benzene rings is 3. The molecule has 3 aromatic carbocycles. The first-order chi connectivity index (χ1) is 21.0. The van der Waals surface area contributed by atoms with E-state index in [1.54, 1.807) is 23.2 Å². The number of likely N-dealkylation sites (tertiary alicyclic amines) is 1. The highest BCUT2D eigenvalue weighted by Gasteiger charge is 2.32. The summed E-state index contributed by atoms with van der Waals surface area (Å²) in [6.45, 7) is 1.12. The van der Waals surface area contributed by atoms with Gasteiger partial charge in [-0.05, 0) is 60.2 Å². The number of pyridine rings is 2. The van der Waals surface area contributed by atoms with Crippen molar-refractivity contribution in [1.29, 1.82) is 0 Å². The number of carboxylic acid groups (broad SMARTS) is 1. The Labute approximate surface area is 246 Å². The molecule has 1 aliphatic rings. The van der Waals surface area contributed by atoms with Crippen LogP contribution in [-0.4, -0.2) is 54.5 Å². The molecule has 9 heteroatoms. The van der Waals surface area contributed by atoms with E-state index in [0.29, 0.717) is 41.5 Å². The second-order valence-electron chi connectivity index (χ2n) is 10.5. The molecule has 7 rings (SSSR count). The van der Waals surface area contributed by atoms with Crippen LogP contribution in [0.4, 0.5) is 5.82 Å². The number of aromatic nitrogens is 4. The highest BCUT2D eigenvalue weighted by Crippen LogP contribution is 2.33. The molecule has 43 heavy (non-hydrogen) atoms. The Morgan fingerprint density at radius 3 is 2.33 bits per heavy atom. The smallest absolute Gasteiger partial charge is 0.335 e. The number of carbonyl (C=O) groups excluding carboxylic acids is 1. The number of hydrogen-bond donors (Lipinski definition) is 2. The molecule has 0 saturated carbocycles. The zero-order valence-electron chi connectivity index (χ0n) is 23.0. The molecule has 1 aliphatic heterocycles. The maximum absolute atomic E-state index is 12.9. The van der Waals surface area contributed by atoms with Crippen molar-refractivity contribution in [3.05, 3.63) is 126 Å². The Morgan fingerprint density at radius 2 is 1.58 bits per heavy atom. The molecular weight excluding hydrogens is 540 g/mol. The van der Waals surface area contributed by atoms with E-state index in [9.17, 15) is 14.7 Å². The molecule has 3 N–H and O–H groups in total. The Balaban J connectivity index is 1.20. The topological polar surface area (TPSA) is 127 Å². The fourth-order valence-corrected chi connectivity index (χ4v) is 5.48. The molecule has 6 aromatic rings. The van der Waals surface area contributed by atoms with Gasteiger partial charge in [0.1, 0.15) is 11.3 Å². The van der Waals surface area contributed by atoms with Crippen LogP contribution < -0.4 is 5.73 Å². The summed E-state index contributed by atoms with van der Waals surface area (Å²) in [6, 6.07) is 32.0. The lowest BCUT2D eigenvalue weighted by molar-refractivity contribution is 0.0602. The number of nitrogens with two attached hydrogens (primary N) is 1. The van der Waals surface area contributed by atoms with Gasteiger partial charge in [-0.25, -0.2) is 19.7 Å². The minimum absolute atomic E-state index is 0.100. The molecule has 0 spiro atoms. The van der Waals surface area contributed by atoms with Gasteiger partial charge in [-0.15, -0.1) is 0 Å². The van der Waals surface area contributed by atoms with Crippen LogP contribution in [0.5, 0.6) is 0 Å². The molecule has 4 heterocycles. The van der Waals surface area contributed by atoms with Gasteiger partial charge in [0.2, 0.25) is 0 Å². The lowest BCUT2D eigenvalue weighted by atomic mass is 9.90. The summed E-state index contributed by atoms with van der Waals surface area (Å²) < 4.78 is 2.00. The average molecular weight is 567 g/mol. The fourth-order valence-electron chi connectivity index (χ4n) is 5.48. The highest BCUT2D eigenvalue weighted by atomic mass is 16.4. The third kappa shape index (κ3) is 4.76. The zero-order chi connectivity index (χ0) is 29.5. The van der Waals surface area contributed by atoms with Crippen LogP contribution in [0.15, 0.2) is 109 Å². The molecule has 1 amide bonds. The third-order valence-electron chi connectivity index (χ3n) is 7.80. The van der Waals surface area contributed by atoms with Gasteiger partial charge in [-0.2, -0.15) is 0 Å². The van der Waals surface area contributed by atoms with E-state index in [4.69, 9.17) is 15.7 Å². The molecule has 0 unspecified atom stereocenters. The molecule has 210 valence electrons. The summed E-state index contributed by atoms with van der Waals surface area (Å²) in [4.78, 5) is 40.2. The second kappa shape index (κ2) is 10.5. The average Bonchev–Trinajstić information content (AvgIpc) is 3.40. The Bertz CT molecular complexity index is 2000. The van der Waals surface area contributed by atoms with E-state index < -0.39 is 5.97 Å². The van der Waals surface area contributed by atoms with Crippen LogP contribution in [0.1, 0.15) is 32.2 Å². The summed E-state index contributed by atoms with van der Waals surface area (Å²) in [5.74, 6) is -0.0128. The van der Waals surface area contributed by atoms with Crippen LogP contribution in [0.3, 0.4) is 0 Å². The zero-order valence-corrected chi connectivity index (χ0v) is 23.0. The van der Waals surface area contributed by atoms with Gasteiger partial charge in [-0.1, -0.05) is 48.5 Å². The minimum atomic E-state index is -1.05. The fraction of sp³-hybridized carbons (Fsp3) is 0.0882. The van der Waals surface area contributed by atoms with Crippen molar-refractivity contribution in [3.63, 3.8) is 0 Å². The SMILES string of the molecule is Nc1ncccc1-c1nc2ccc(-c3ccccc3)nc2n1-c1ccc(C2CN(C(=O)c3cccc(C(=O)O)c3)C2)cc1. The van der Waals surface area contributed by atoms with Crippen molar-refractivity contribution in [2.45, 2.75) is 5.92 Å². The van der Waals surface area contributed by atoms with Crippen molar-refractivity contribution in [2.24, 2.45) is 0 Å². The normalized spacial score (nSPS) is 13.2. The number of nitrogens with zero attached hydrogens (tertiary/aromatic N) is 5. The van der Waals surface area contributed by atoms with E-state index in [1.165, 1.54) is 12.1 Å². The number of amides is 1. The van der Waals surface area contributed by atoms with E-state index in [1.807, 2.05) is 71.3 Å². The van der Waals surface area contributed by atoms with Crippen LogP contribution in [0.2, 0.25) is 0 Å². The van der Waals surface area contributed by atoms with Gasteiger partial charge in [0.05, 0.1) is 16.8 Å². The van der Waals surface area contributed by atoms with Crippen molar-refractivity contribution >= 4 is 28.9 Å². The monoisotopic (exact) mass is 566 g/mol. The van der Waals surface area contributed by atoms with Gasteiger partial charge >= 0.3 is 5.97 Å². The largest absolute Gasteiger partial charge is 0.478 e. The number of imidazole rings is 1. The number of aromatic carboxylic acids is 1. The van der Waals surface area contributed by atoms with E-state index in [2.05, 4.69) is 17.1 Å². The van der Waals surface area contributed by atoms with Crippen molar-refractivity contribution in [3.8, 4) is 28.3 Å². The van der Waals surface area contributed by atoms with Crippen LogP contribution in [-0.2, 0) is 0 Å². The molecule has 1 fully saturated rings. The number of anilines is 1. The molecule has 1 saturated heterocycles. The highest BCUT2D eigenvalue weighted by molar-refractivity contribution is 5.98. The van der Waals surface area contributed by atoms with Gasteiger partial charge in [0.25, 0.3) is 5.91 Å². The molecule has 0 bridgehead atoms. The predicted molar refractivity (Wildman–Crippen MR) is 164 cm³/mol. The van der Waals surface area contributed by atoms with Crippen molar-refractivity contribution in [2.75, 3.05) is 18.8 Å². The number of nitrogen functional groups attached to an aromatic ring is 1. The van der Waals surface area contributed by atoms with E-state index in [-0.39, 0.29) is 17.4 Å². The molecular formula is C34H26N6O3. The van der Waals surface area contributed by atoms with Crippen LogP contribution in [0.25, 0.3) is 39.5 Å². The summed E-state index contributed by atoms with van der Waals surface area (Å²) in [6.07, 6.45) is 1.65. The first kappa shape index (κ1) is 26.1. The molecule has 9 nitrogen and oxygen atoms in total. The molecule has 0 radical (unpaired) electrons. The number of hydrogen-bond acceptors (Lipinski definition) is 6. The summed E-state index contributed by atoms with van der Waals surface area (Å²) in [5, 5.41) is 9.26. The van der Waals surface area contributed by atoms with E-state index >= 15 is 0 Å². The van der Waals surface area contributed by atoms with Gasteiger partial charge in [-0.3, -0.25) is 9.36 Å². The molecule has 0 atom stereocenters. The number of rotatable bonds is 6. The van der Waals surface area contributed by atoms with E-state index in [0.717, 1.165) is 28.0 Å². The van der Waals surface area contributed by atoms with Gasteiger partial charge in [0, 0.05) is 42.0 Å². The summed E-state index contributed by atoms with van der Waals surface area (Å²) in [7, 11) is 0. The second-order valence-corrected chi connectivity index (χ2v) is 10.5. The summed E-state index contributed by atoms with van der Waals surface area (Å²) in [5.41, 5.74) is 12.8. The van der Waals surface area contributed by atoms with Crippen molar-refractivity contribution < 1.29 is 14.7 Å². The lowest BCUT2D eigenvalue weighted by Gasteiger charge is -2.39. The predicted octanol–water partition coefficient (Wildman–Crippen LogP) is 5.67. The Kier molecular flexibility index (Phi) is 6.39. The number of carboxylic acids is 1. The molecule has 3 aromatic heterocycles. The van der Waals surface area contributed by atoms with Gasteiger partial charge in [0.15, 0.2) is 11.5 Å². The third-order valence-corrected chi connectivity index (χ3v) is 7.80.